The molecule has 0 saturated carbocycles. The van der Waals surface area contributed by atoms with Crippen LogP contribution in [0.5, 0.6) is 0 Å². The number of aromatic amines is 1. The Morgan fingerprint density at radius 2 is 1.88 bits per heavy atom. The third kappa shape index (κ3) is 3.07. The number of aryl methyl sites for hydroxylation is 2. The molecule has 0 bridgehead atoms. The Labute approximate surface area is 155 Å². The van der Waals surface area contributed by atoms with Crippen LogP contribution in [0.4, 0.5) is 0 Å². The van der Waals surface area contributed by atoms with Crippen molar-refractivity contribution >= 4 is 22.7 Å². The summed E-state index contributed by atoms with van der Waals surface area (Å²) < 4.78 is 2.10. The minimum absolute atomic E-state index is 0.978. The predicted octanol–water partition coefficient (Wildman–Crippen LogP) is 5.70. The highest BCUT2D eigenvalue weighted by atomic mass is 32.1. The highest BCUT2D eigenvalue weighted by Crippen LogP contribution is 2.33. The summed E-state index contributed by atoms with van der Waals surface area (Å²) in [7, 11) is 0. The quantitative estimate of drug-likeness (QED) is 0.474. The largest absolute Gasteiger partial charge is 0.280 e. The Hall–Kier alpha value is -2.18. The van der Waals surface area contributed by atoms with Crippen molar-refractivity contribution in [1.29, 1.82) is 0 Å². The average molecular weight is 369 g/mol. The Morgan fingerprint density at radius 3 is 2.56 bits per heavy atom. The first-order valence-corrected chi connectivity index (χ1v) is 10.3. The Morgan fingerprint density at radius 1 is 1.12 bits per heavy atom. The van der Waals surface area contributed by atoms with Crippen LogP contribution in [0, 0.1) is 6.92 Å². The van der Waals surface area contributed by atoms with Crippen LogP contribution >= 0.6 is 22.7 Å². The molecule has 4 aromatic heterocycles. The van der Waals surface area contributed by atoms with E-state index in [2.05, 4.69) is 69.8 Å². The van der Waals surface area contributed by atoms with Gasteiger partial charge in [-0.15, -0.1) is 22.7 Å². The standard InChI is InChI=1S/C19H20N4S2/c1-3-4-7-14-12-15(16-8-5-10-24-16)22-23(14)19-13(2)20-21-18(19)17-9-6-11-25-17/h5-6,8-12H,3-4,7H2,1-2H3,(H,20,21). The third-order valence-electron chi connectivity index (χ3n) is 4.22. The highest BCUT2D eigenvalue weighted by Gasteiger charge is 2.20. The number of nitrogens with zero attached hydrogens (tertiary/aromatic N) is 3. The first kappa shape index (κ1) is 16.3. The van der Waals surface area contributed by atoms with Gasteiger partial charge in [-0.1, -0.05) is 25.5 Å². The van der Waals surface area contributed by atoms with E-state index in [9.17, 15) is 0 Å². The smallest absolute Gasteiger partial charge is 0.128 e. The predicted molar refractivity (Wildman–Crippen MR) is 106 cm³/mol. The summed E-state index contributed by atoms with van der Waals surface area (Å²) in [5.41, 5.74) is 5.37. The molecule has 4 rings (SSSR count). The first-order chi connectivity index (χ1) is 12.3. The second-order valence-electron chi connectivity index (χ2n) is 6.04. The lowest BCUT2D eigenvalue weighted by Crippen LogP contribution is -2.04. The van der Waals surface area contributed by atoms with Crippen LogP contribution in [-0.2, 0) is 6.42 Å². The van der Waals surface area contributed by atoms with Gasteiger partial charge < -0.3 is 0 Å². The van der Waals surface area contributed by atoms with E-state index in [0.29, 0.717) is 0 Å². The fraction of sp³-hybridized carbons (Fsp3) is 0.263. The number of hydrogen-bond donors (Lipinski definition) is 1. The van der Waals surface area contributed by atoms with E-state index in [1.165, 1.54) is 17.0 Å². The van der Waals surface area contributed by atoms with Crippen LogP contribution in [0.25, 0.3) is 26.8 Å². The molecule has 128 valence electrons. The Kier molecular flexibility index (Phi) is 4.55. The van der Waals surface area contributed by atoms with Crippen molar-refractivity contribution in [2.24, 2.45) is 0 Å². The molecule has 0 unspecified atom stereocenters. The van der Waals surface area contributed by atoms with Gasteiger partial charge in [0.25, 0.3) is 0 Å². The highest BCUT2D eigenvalue weighted by molar-refractivity contribution is 7.13. The van der Waals surface area contributed by atoms with Gasteiger partial charge in [0.1, 0.15) is 17.1 Å². The minimum Gasteiger partial charge on any atom is -0.280 e. The summed E-state index contributed by atoms with van der Waals surface area (Å²) in [5.74, 6) is 0. The SMILES string of the molecule is CCCCc1cc(-c2cccs2)nn1-c1c(-c2cccs2)n[nH]c1C. The van der Waals surface area contributed by atoms with Crippen LogP contribution in [0.3, 0.4) is 0 Å². The summed E-state index contributed by atoms with van der Waals surface area (Å²) >= 11 is 3.43. The van der Waals surface area contributed by atoms with Gasteiger partial charge in [0, 0.05) is 5.69 Å². The molecule has 0 spiro atoms. The van der Waals surface area contributed by atoms with Crippen LogP contribution in [0.15, 0.2) is 41.1 Å². The molecule has 1 N–H and O–H groups in total. The fourth-order valence-corrected chi connectivity index (χ4v) is 4.36. The number of hydrogen-bond acceptors (Lipinski definition) is 4. The molecule has 0 radical (unpaired) electrons. The van der Waals surface area contributed by atoms with E-state index in [-0.39, 0.29) is 0 Å². The second-order valence-corrected chi connectivity index (χ2v) is 7.93. The molecule has 4 aromatic rings. The molecular formula is C19H20N4S2. The van der Waals surface area contributed by atoms with Crippen molar-refractivity contribution in [1.82, 2.24) is 20.0 Å². The van der Waals surface area contributed by atoms with Gasteiger partial charge in [-0.05, 0) is 48.7 Å². The van der Waals surface area contributed by atoms with Gasteiger partial charge in [0.2, 0.25) is 0 Å². The van der Waals surface area contributed by atoms with Crippen molar-refractivity contribution in [2.45, 2.75) is 33.1 Å². The summed E-state index contributed by atoms with van der Waals surface area (Å²) in [6.07, 6.45) is 3.34. The Balaban J connectivity index is 1.86. The molecular weight excluding hydrogens is 348 g/mol. The summed E-state index contributed by atoms with van der Waals surface area (Å²) in [6.45, 7) is 4.29. The molecule has 0 fully saturated rings. The zero-order valence-electron chi connectivity index (χ0n) is 14.3. The topological polar surface area (TPSA) is 46.5 Å². The van der Waals surface area contributed by atoms with Gasteiger partial charge in [0.05, 0.1) is 15.4 Å². The number of thiophene rings is 2. The number of unbranched alkanes of at least 4 members (excludes halogenated alkanes) is 1. The van der Waals surface area contributed by atoms with E-state index in [1.807, 2.05) is 0 Å². The van der Waals surface area contributed by atoms with Gasteiger partial charge in [-0.25, -0.2) is 4.68 Å². The molecule has 0 aliphatic heterocycles. The maximum Gasteiger partial charge on any atom is 0.128 e. The molecule has 0 saturated heterocycles. The van der Waals surface area contributed by atoms with E-state index in [0.717, 1.165) is 40.5 Å². The molecule has 4 heterocycles. The number of rotatable bonds is 6. The zero-order valence-corrected chi connectivity index (χ0v) is 16.0. The van der Waals surface area contributed by atoms with E-state index >= 15 is 0 Å². The van der Waals surface area contributed by atoms with E-state index < -0.39 is 0 Å². The summed E-state index contributed by atoms with van der Waals surface area (Å²) in [5, 5.41) is 16.8. The van der Waals surface area contributed by atoms with Crippen molar-refractivity contribution < 1.29 is 0 Å². The molecule has 25 heavy (non-hydrogen) atoms. The van der Waals surface area contributed by atoms with Crippen LogP contribution in [0.1, 0.15) is 31.2 Å². The molecule has 4 nitrogen and oxygen atoms in total. The van der Waals surface area contributed by atoms with Crippen molar-refractivity contribution in [3.8, 4) is 26.8 Å². The normalized spacial score (nSPS) is 11.3. The van der Waals surface area contributed by atoms with Gasteiger partial charge in [0.15, 0.2) is 0 Å². The van der Waals surface area contributed by atoms with Gasteiger partial charge in [-0.2, -0.15) is 10.2 Å². The lowest BCUT2D eigenvalue weighted by molar-refractivity contribution is 0.728. The maximum absolute atomic E-state index is 4.95. The second kappa shape index (κ2) is 6.98. The summed E-state index contributed by atoms with van der Waals surface area (Å²) in [6, 6.07) is 10.6. The lowest BCUT2D eigenvalue weighted by atomic mass is 10.1. The first-order valence-electron chi connectivity index (χ1n) is 8.50. The minimum atomic E-state index is 0.978. The van der Waals surface area contributed by atoms with E-state index in [4.69, 9.17) is 5.10 Å². The molecule has 6 heteroatoms. The van der Waals surface area contributed by atoms with Gasteiger partial charge in [-0.3, -0.25) is 5.10 Å². The Bertz CT molecular complexity index is 946. The monoisotopic (exact) mass is 368 g/mol. The number of H-pyrrole nitrogens is 1. The molecule has 0 aliphatic carbocycles. The molecule has 0 aromatic carbocycles. The molecule has 0 atom stereocenters. The van der Waals surface area contributed by atoms with Crippen LogP contribution in [-0.4, -0.2) is 20.0 Å². The number of nitrogens with one attached hydrogen (secondary N) is 1. The zero-order chi connectivity index (χ0) is 17.2. The number of aromatic nitrogens is 4. The lowest BCUT2D eigenvalue weighted by Gasteiger charge is -2.08. The average Bonchev–Trinajstić information content (AvgIpc) is 3.37. The third-order valence-corrected chi connectivity index (χ3v) is 5.99. The van der Waals surface area contributed by atoms with Crippen LogP contribution in [0.2, 0.25) is 0 Å². The molecule has 0 aliphatic rings. The fourth-order valence-electron chi connectivity index (χ4n) is 2.96. The maximum atomic E-state index is 4.95. The molecule has 0 amide bonds. The van der Waals surface area contributed by atoms with Gasteiger partial charge >= 0.3 is 0 Å². The van der Waals surface area contributed by atoms with Crippen LogP contribution < -0.4 is 0 Å². The summed E-state index contributed by atoms with van der Waals surface area (Å²) in [4.78, 5) is 2.37. The van der Waals surface area contributed by atoms with E-state index in [1.54, 1.807) is 22.7 Å². The van der Waals surface area contributed by atoms with Crippen molar-refractivity contribution in [3.05, 3.63) is 52.5 Å². The van der Waals surface area contributed by atoms with Crippen molar-refractivity contribution in [3.63, 3.8) is 0 Å². The van der Waals surface area contributed by atoms with Crippen molar-refractivity contribution in [2.75, 3.05) is 0 Å².